The third-order valence-corrected chi connectivity index (χ3v) is 12.8. The van der Waals surface area contributed by atoms with Crippen LogP contribution in [0.3, 0.4) is 0 Å². The molecule has 1 unspecified atom stereocenters. The van der Waals surface area contributed by atoms with Gasteiger partial charge in [-0.2, -0.15) is 0 Å². The van der Waals surface area contributed by atoms with Gasteiger partial charge >= 0.3 is 17.9 Å². The van der Waals surface area contributed by atoms with Gasteiger partial charge in [-0.1, -0.05) is 263 Å². The van der Waals surface area contributed by atoms with Crippen LogP contribution < -0.4 is 0 Å². The maximum atomic E-state index is 12.8. The third-order valence-electron chi connectivity index (χ3n) is 12.8. The Morgan fingerprint density at radius 3 is 0.924 bits per heavy atom. The molecule has 0 heterocycles. The highest BCUT2D eigenvalue weighted by Gasteiger charge is 2.19. The van der Waals surface area contributed by atoms with E-state index in [2.05, 4.69) is 57.2 Å². The molecule has 0 N–H and O–H groups in total. The SMILES string of the molecule is CCC/C=C\C/C=C\CCCCCCCC(=O)OC(COC(=O)CCCCCCC/C=C\CCC)COC(=O)CCCCCCCCCCCCCCCCCCCCCCCCCCC. The highest BCUT2D eigenvalue weighted by atomic mass is 16.6. The fourth-order valence-corrected chi connectivity index (χ4v) is 8.48. The number of hydrogen-bond donors (Lipinski definition) is 0. The van der Waals surface area contributed by atoms with Crippen LogP contribution in [0.2, 0.25) is 0 Å². The van der Waals surface area contributed by atoms with Crippen LogP contribution in [0.15, 0.2) is 36.5 Å². The van der Waals surface area contributed by atoms with Gasteiger partial charge in [0.25, 0.3) is 0 Å². The Bertz CT molecular complexity index is 1110. The standard InChI is InChI=1S/C60H110O6/c1-4-7-10-13-16-19-22-24-25-26-27-28-29-30-31-32-33-34-35-37-38-41-44-47-50-53-59(62)65-56-57(55-64-58(61)52-49-46-43-40-21-18-15-12-9-6-3)66-60(63)54-51-48-45-42-39-36-23-20-17-14-11-8-5-2/h11-12,14-15,20,23,57H,4-10,13,16-19,21-22,24-56H2,1-3H3/b14-11-,15-12-,23-20-. The van der Waals surface area contributed by atoms with E-state index in [9.17, 15) is 14.4 Å². The highest BCUT2D eigenvalue weighted by Crippen LogP contribution is 2.17. The summed E-state index contributed by atoms with van der Waals surface area (Å²) in [5, 5.41) is 0. The Morgan fingerprint density at radius 1 is 0.303 bits per heavy atom. The van der Waals surface area contributed by atoms with Crippen LogP contribution in [0.25, 0.3) is 0 Å². The van der Waals surface area contributed by atoms with Crippen molar-refractivity contribution < 1.29 is 28.6 Å². The molecule has 0 radical (unpaired) electrons. The molecule has 0 saturated heterocycles. The fourth-order valence-electron chi connectivity index (χ4n) is 8.48. The summed E-state index contributed by atoms with van der Waals surface area (Å²) in [5.41, 5.74) is 0. The maximum Gasteiger partial charge on any atom is 0.306 e. The van der Waals surface area contributed by atoms with Gasteiger partial charge in [-0.15, -0.1) is 0 Å². The van der Waals surface area contributed by atoms with Crippen molar-refractivity contribution in [1.82, 2.24) is 0 Å². The number of unbranched alkanes of at least 4 members (excludes halogenated alkanes) is 36. The van der Waals surface area contributed by atoms with E-state index in [1.807, 2.05) is 0 Å². The molecule has 0 aromatic rings. The van der Waals surface area contributed by atoms with Gasteiger partial charge in [0, 0.05) is 19.3 Å². The van der Waals surface area contributed by atoms with Gasteiger partial charge in [0.05, 0.1) is 0 Å². The number of rotatable bonds is 53. The van der Waals surface area contributed by atoms with Gasteiger partial charge in [-0.05, 0) is 64.2 Å². The Kier molecular flexibility index (Phi) is 53.2. The van der Waals surface area contributed by atoms with E-state index in [0.717, 1.165) is 103 Å². The molecule has 6 nitrogen and oxygen atoms in total. The van der Waals surface area contributed by atoms with Gasteiger partial charge in [0.2, 0.25) is 0 Å². The Morgan fingerprint density at radius 2 is 0.576 bits per heavy atom. The molecule has 0 saturated carbocycles. The van der Waals surface area contributed by atoms with Crippen molar-refractivity contribution in [3.8, 4) is 0 Å². The van der Waals surface area contributed by atoms with E-state index < -0.39 is 6.10 Å². The summed E-state index contributed by atoms with van der Waals surface area (Å²) in [7, 11) is 0. The largest absolute Gasteiger partial charge is 0.462 e. The normalized spacial score (nSPS) is 12.2. The van der Waals surface area contributed by atoms with E-state index in [-0.39, 0.29) is 31.1 Å². The molecule has 66 heavy (non-hydrogen) atoms. The second kappa shape index (κ2) is 55.2. The first-order chi connectivity index (χ1) is 32.5. The monoisotopic (exact) mass is 927 g/mol. The molecule has 0 amide bonds. The van der Waals surface area contributed by atoms with Crippen LogP contribution in [0.4, 0.5) is 0 Å². The van der Waals surface area contributed by atoms with Gasteiger partial charge in [-0.3, -0.25) is 14.4 Å². The molecular weight excluding hydrogens is 817 g/mol. The molecule has 0 spiro atoms. The zero-order valence-electron chi connectivity index (χ0n) is 44.2. The fraction of sp³-hybridized carbons (Fsp3) is 0.850. The lowest BCUT2D eigenvalue weighted by Gasteiger charge is -2.18. The number of carbonyl (C=O) groups is 3. The predicted molar refractivity (Wildman–Crippen MR) is 284 cm³/mol. The third kappa shape index (κ3) is 52.6. The number of allylic oxidation sites excluding steroid dienone is 6. The topological polar surface area (TPSA) is 78.9 Å². The van der Waals surface area contributed by atoms with Crippen LogP contribution in [-0.4, -0.2) is 37.2 Å². The molecule has 0 fully saturated rings. The van der Waals surface area contributed by atoms with Gasteiger partial charge in [0.1, 0.15) is 13.2 Å². The summed E-state index contributed by atoms with van der Waals surface area (Å²) in [6.45, 7) is 6.53. The molecule has 0 aromatic heterocycles. The van der Waals surface area contributed by atoms with E-state index in [1.54, 1.807) is 0 Å². The lowest BCUT2D eigenvalue weighted by Crippen LogP contribution is -2.30. The molecule has 0 bridgehead atoms. The van der Waals surface area contributed by atoms with Gasteiger partial charge in [0.15, 0.2) is 6.10 Å². The van der Waals surface area contributed by atoms with Crippen molar-refractivity contribution in [2.75, 3.05) is 13.2 Å². The van der Waals surface area contributed by atoms with Gasteiger partial charge < -0.3 is 14.2 Å². The molecule has 0 aromatic carbocycles. The van der Waals surface area contributed by atoms with E-state index in [1.165, 1.54) is 167 Å². The average Bonchev–Trinajstić information content (AvgIpc) is 3.31. The summed E-state index contributed by atoms with van der Waals surface area (Å²) in [6.07, 6.45) is 65.9. The Hall–Kier alpha value is -2.37. The summed E-state index contributed by atoms with van der Waals surface area (Å²) in [4.78, 5) is 38.0. The summed E-state index contributed by atoms with van der Waals surface area (Å²) in [6, 6.07) is 0. The van der Waals surface area contributed by atoms with Crippen molar-refractivity contribution in [3.05, 3.63) is 36.5 Å². The summed E-state index contributed by atoms with van der Waals surface area (Å²) >= 11 is 0. The van der Waals surface area contributed by atoms with Gasteiger partial charge in [-0.25, -0.2) is 0 Å². The highest BCUT2D eigenvalue weighted by molar-refractivity contribution is 5.71. The van der Waals surface area contributed by atoms with E-state index in [4.69, 9.17) is 14.2 Å². The lowest BCUT2D eigenvalue weighted by molar-refractivity contribution is -0.167. The zero-order chi connectivity index (χ0) is 47.9. The molecule has 0 aliphatic carbocycles. The molecule has 0 rings (SSSR count). The number of hydrogen-bond acceptors (Lipinski definition) is 6. The summed E-state index contributed by atoms with van der Waals surface area (Å²) in [5.74, 6) is -0.890. The molecule has 0 aliphatic rings. The predicted octanol–water partition coefficient (Wildman–Crippen LogP) is 19.3. The lowest BCUT2D eigenvalue weighted by atomic mass is 10.0. The van der Waals surface area contributed by atoms with Crippen LogP contribution in [0, 0.1) is 0 Å². The van der Waals surface area contributed by atoms with Crippen molar-refractivity contribution in [3.63, 3.8) is 0 Å². The minimum atomic E-state index is -0.779. The first-order valence-electron chi connectivity index (χ1n) is 29.0. The molecular formula is C60H110O6. The average molecular weight is 928 g/mol. The van der Waals surface area contributed by atoms with E-state index >= 15 is 0 Å². The minimum Gasteiger partial charge on any atom is -0.462 e. The van der Waals surface area contributed by atoms with Crippen molar-refractivity contribution >= 4 is 17.9 Å². The number of carbonyl (C=O) groups excluding carboxylic acids is 3. The quantitative estimate of drug-likeness (QED) is 0.0262. The van der Waals surface area contributed by atoms with Crippen LogP contribution in [-0.2, 0) is 28.6 Å². The van der Waals surface area contributed by atoms with Crippen LogP contribution in [0.5, 0.6) is 0 Å². The van der Waals surface area contributed by atoms with Crippen molar-refractivity contribution in [1.29, 1.82) is 0 Å². The smallest absolute Gasteiger partial charge is 0.306 e. The van der Waals surface area contributed by atoms with Crippen molar-refractivity contribution in [2.45, 2.75) is 316 Å². The maximum absolute atomic E-state index is 12.8. The second-order valence-electron chi connectivity index (χ2n) is 19.6. The number of ether oxygens (including phenoxy) is 3. The van der Waals surface area contributed by atoms with Crippen LogP contribution in [0.1, 0.15) is 310 Å². The Balaban J connectivity index is 4.15. The van der Waals surface area contributed by atoms with E-state index in [0.29, 0.717) is 19.3 Å². The minimum absolute atomic E-state index is 0.0775. The van der Waals surface area contributed by atoms with Crippen LogP contribution >= 0.6 is 0 Å². The molecule has 0 aliphatic heterocycles. The second-order valence-corrected chi connectivity index (χ2v) is 19.6. The van der Waals surface area contributed by atoms with Crippen molar-refractivity contribution in [2.24, 2.45) is 0 Å². The zero-order valence-corrected chi connectivity index (χ0v) is 44.2. The molecule has 1 atom stereocenters. The first-order valence-corrected chi connectivity index (χ1v) is 29.0. The molecule has 386 valence electrons. The Labute approximate surface area is 410 Å². The molecule has 6 heteroatoms. The summed E-state index contributed by atoms with van der Waals surface area (Å²) < 4.78 is 16.8. The number of esters is 3. The first kappa shape index (κ1) is 63.6.